The predicted molar refractivity (Wildman–Crippen MR) is 73.1 cm³/mol. The molecule has 2 N–H and O–H groups in total. The van der Waals surface area contributed by atoms with Gasteiger partial charge in [0.25, 0.3) is 0 Å². The number of methoxy groups -OCH3 is 1. The normalized spacial score (nSPS) is 10.3. The number of phenolic OH excluding ortho intramolecular Hbond substituents is 1. The summed E-state index contributed by atoms with van der Waals surface area (Å²) in [5.41, 5.74) is 2.22. The second-order valence-corrected chi connectivity index (χ2v) is 4.37. The average molecular weight is 261 g/mol. The molecule has 19 heavy (non-hydrogen) atoms. The maximum Gasteiger partial charge on any atom is 0.125 e. The molecule has 0 unspecified atom stereocenters. The van der Waals surface area contributed by atoms with Gasteiger partial charge in [0.2, 0.25) is 0 Å². The van der Waals surface area contributed by atoms with Crippen LogP contribution in [0, 0.1) is 12.7 Å². The van der Waals surface area contributed by atoms with Crippen LogP contribution in [0.2, 0.25) is 0 Å². The van der Waals surface area contributed by atoms with Crippen molar-refractivity contribution in [2.24, 2.45) is 0 Å². The summed E-state index contributed by atoms with van der Waals surface area (Å²) < 4.78 is 18.3. The van der Waals surface area contributed by atoms with E-state index in [4.69, 9.17) is 4.74 Å². The van der Waals surface area contributed by atoms with E-state index >= 15 is 0 Å². The van der Waals surface area contributed by atoms with Crippen molar-refractivity contribution < 1.29 is 14.2 Å². The minimum absolute atomic E-state index is 0.182. The summed E-state index contributed by atoms with van der Waals surface area (Å²) in [6.45, 7) is 2.23. The first-order valence-corrected chi connectivity index (χ1v) is 5.95. The Kier molecular flexibility index (Phi) is 3.90. The van der Waals surface area contributed by atoms with Crippen LogP contribution < -0.4 is 10.1 Å². The molecule has 0 aliphatic carbocycles. The summed E-state index contributed by atoms with van der Waals surface area (Å²) in [6, 6.07) is 9.74. The van der Waals surface area contributed by atoms with Gasteiger partial charge in [-0.1, -0.05) is 0 Å². The molecule has 2 aromatic rings. The fourth-order valence-corrected chi connectivity index (χ4v) is 1.87. The van der Waals surface area contributed by atoms with Crippen molar-refractivity contribution in [1.82, 2.24) is 0 Å². The molecule has 0 amide bonds. The van der Waals surface area contributed by atoms with Crippen molar-refractivity contribution in [2.45, 2.75) is 13.5 Å². The third kappa shape index (κ3) is 3.37. The third-order valence-electron chi connectivity index (χ3n) is 2.81. The number of rotatable bonds is 4. The van der Waals surface area contributed by atoms with Gasteiger partial charge in [-0.2, -0.15) is 0 Å². The SMILES string of the molecule is COc1ccc(O)c(CNc2cc(C)cc(F)c2)c1. The van der Waals surface area contributed by atoms with E-state index in [1.165, 1.54) is 12.1 Å². The van der Waals surface area contributed by atoms with E-state index in [1.807, 2.05) is 13.0 Å². The molecule has 0 aliphatic heterocycles. The summed E-state index contributed by atoms with van der Waals surface area (Å²) in [5, 5.41) is 12.8. The molecule has 0 atom stereocenters. The van der Waals surface area contributed by atoms with E-state index in [0.717, 1.165) is 5.56 Å². The number of phenols is 1. The highest BCUT2D eigenvalue weighted by molar-refractivity contribution is 5.48. The van der Waals surface area contributed by atoms with Crippen molar-refractivity contribution in [3.05, 3.63) is 53.3 Å². The zero-order chi connectivity index (χ0) is 13.8. The molecule has 100 valence electrons. The van der Waals surface area contributed by atoms with E-state index < -0.39 is 0 Å². The van der Waals surface area contributed by atoms with Crippen molar-refractivity contribution in [1.29, 1.82) is 0 Å². The Hall–Kier alpha value is -2.23. The molecular weight excluding hydrogens is 245 g/mol. The second-order valence-electron chi connectivity index (χ2n) is 4.37. The summed E-state index contributed by atoms with van der Waals surface area (Å²) in [4.78, 5) is 0. The van der Waals surface area contributed by atoms with Crippen LogP contribution in [0.5, 0.6) is 11.5 Å². The van der Waals surface area contributed by atoms with Crippen LogP contribution in [0.25, 0.3) is 0 Å². The molecule has 0 spiro atoms. The van der Waals surface area contributed by atoms with Gasteiger partial charge in [0, 0.05) is 17.8 Å². The Bertz CT molecular complexity index is 564. The Balaban J connectivity index is 2.13. The first kappa shape index (κ1) is 13.2. The van der Waals surface area contributed by atoms with Gasteiger partial charge in [0.15, 0.2) is 0 Å². The topological polar surface area (TPSA) is 41.5 Å². The fraction of sp³-hybridized carbons (Fsp3) is 0.200. The Morgan fingerprint density at radius 1 is 1.21 bits per heavy atom. The largest absolute Gasteiger partial charge is 0.508 e. The lowest BCUT2D eigenvalue weighted by Crippen LogP contribution is -2.01. The molecule has 0 bridgehead atoms. The lowest BCUT2D eigenvalue weighted by molar-refractivity contribution is 0.411. The van der Waals surface area contributed by atoms with Crippen LogP contribution in [-0.2, 0) is 6.54 Å². The fourth-order valence-electron chi connectivity index (χ4n) is 1.87. The molecule has 0 aliphatic rings. The van der Waals surface area contributed by atoms with Gasteiger partial charge in [-0.3, -0.25) is 0 Å². The van der Waals surface area contributed by atoms with Crippen molar-refractivity contribution in [2.75, 3.05) is 12.4 Å². The predicted octanol–water partition coefficient (Wildman–Crippen LogP) is 3.46. The highest BCUT2D eigenvalue weighted by Gasteiger charge is 2.04. The third-order valence-corrected chi connectivity index (χ3v) is 2.81. The van der Waals surface area contributed by atoms with Crippen LogP contribution in [0.3, 0.4) is 0 Å². The van der Waals surface area contributed by atoms with Crippen molar-refractivity contribution in [3.63, 3.8) is 0 Å². The molecule has 2 aromatic carbocycles. The van der Waals surface area contributed by atoms with E-state index in [9.17, 15) is 9.50 Å². The van der Waals surface area contributed by atoms with E-state index in [-0.39, 0.29) is 11.6 Å². The number of nitrogens with one attached hydrogen (secondary N) is 1. The quantitative estimate of drug-likeness (QED) is 0.885. The molecule has 0 saturated carbocycles. The van der Waals surface area contributed by atoms with Gasteiger partial charge in [-0.15, -0.1) is 0 Å². The molecule has 2 rings (SSSR count). The molecule has 0 radical (unpaired) electrons. The van der Waals surface area contributed by atoms with E-state index in [2.05, 4.69) is 5.32 Å². The van der Waals surface area contributed by atoms with Crippen LogP contribution >= 0.6 is 0 Å². The van der Waals surface area contributed by atoms with Gasteiger partial charge in [0.1, 0.15) is 17.3 Å². The van der Waals surface area contributed by atoms with E-state index in [0.29, 0.717) is 23.5 Å². The minimum Gasteiger partial charge on any atom is -0.508 e. The standard InChI is InChI=1S/C15H16FNO2/c1-10-5-12(16)8-13(6-10)17-9-11-7-14(19-2)3-4-15(11)18/h3-8,17-18H,9H2,1-2H3. The van der Waals surface area contributed by atoms with Crippen LogP contribution in [-0.4, -0.2) is 12.2 Å². The Labute approximate surface area is 111 Å². The molecule has 0 fully saturated rings. The van der Waals surface area contributed by atoms with E-state index in [1.54, 1.807) is 25.3 Å². The highest BCUT2D eigenvalue weighted by atomic mass is 19.1. The number of halogens is 1. The summed E-state index contributed by atoms with van der Waals surface area (Å²) in [6.07, 6.45) is 0. The van der Waals surface area contributed by atoms with Gasteiger partial charge in [0.05, 0.1) is 7.11 Å². The molecule has 0 saturated heterocycles. The van der Waals surface area contributed by atoms with Crippen LogP contribution in [0.1, 0.15) is 11.1 Å². The van der Waals surface area contributed by atoms with Crippen molar-refractivity contribution in [3.8, 4) is 11.5 Å². The monoisotopic (exact) mass is 261 g/mol. The number of hydrogen-bond donors (Lipinski definition) is 2. The highest BCUT2D eigenvalue weighted by Crippen LogP contribution is 2.24. The zero-order valence-corrected chi connectivity index (χ0v) is 10.9. The average Bonchev–Trinajstić information content (AvgIpc) is 2.37. The van der Waals surface area contributed by atoms with Gasteiger partial charge >= 0.3 is 0 Å². The van der Waals surface area contributed by atoms with Crippen LogP contribution in [0.15, 0.2) is 36.4 Å². The molecule has 4 heteroatoms. The number of aryl methyl sites for hydroxylation is 1. The Morgan fingerprint density at radius 3 is 2.68 bits per heavy atom. The second kappa shape index (κ2) is 5.61. The number of benzene rings is 2. The molecule has 0 aromatic heterocycles. The molecule has 0 heterocycles. The lowest BCUT2D eigenvalue weighted by Gasteiger charge is -2.10. The van der Waals surface area contributed by atoms with Gasteiger partial charge < -0.3 is 15.2 Å². The first-order chi connectivity index (χ1) is 9.08. The molecular formula is C15H16FNO2. The van der Waals surface area contributed by atoms with Crippen molar-refractivity contribution >= 4 is 5.69 Å². The van der Waals surface area contributed by atoms with Gasteiger partial charge in [-0.25, -0.2) is 4.39 Å². The maximum absolute atomic E-state index is 13.2. The first-order valence-electron chi connectivity index (χ1n) is 5.95. The number of anilines is 1. The smallest absolute Gasteiger partial charge is 0.125 e. The zero-order valence-electron chi connectivity index (χ0n) is 10.9. The van der Waals surface area contributed by atoms with Crippen LogP contribution in [0.4, 0.5) is 10.1 Å². The maximum atomic E-state index is 13.2. The summed E-state index contributed by atoms with van der Waals surface area (Å²) in [5.74, 6) is 0.573. The van der Waals surface area contributed by atoms with Gasteiger partial charge in [-0.05, 0) is 48.9 Å². The Morgan fingerprint density at radius 2 is 2.00 bits per heavy atom. The summed E-state index contributed by atoms with van der Waals surface area (Å²) in [7, 11) is 1.57. The number of ether oxygens (including phenoxy) is 1. The molecule has 3 nitrogen and oxygen atoms in total. The summed E-state index contributed by atoms with van der Waals surface area (Å²) >= 11 is 0. The number of aromatic hydroxyl groups is 1. The lowest BCUT2D eigenvalue weighted by atomic mass is 10.1. The minimum atomic E-state index is -0.280. The number of hydrogen-bond acceptors (Lipinski definition) is 3.